The third-order valence-corrected chi connectivity index (χ3v) is 3.24. The van der Waals surface area contributed by atoms with Gasteiger partial charge < -0.3 is 15.8 Å². The summed E-state index contributed by atoms with van der Waals surface area (Å²) in [4.78, 5) is 29.5. The van der Waals surface area contributed by atoms with Gasteiger partial charge in [0.05, 0.1) is 19.8 Å². The van der Waals surface area contributed by atoms with Crippen molar-refractivity contribution in [3.63, 3.8) is 0 Å². The highest BCUT2D eigenvalue weighted by Crippen LogP contribution is 2.27. The van der Waals surface area contributed by atoms with E-state index in [-0.39, 0.29) is 19.1 Å². The Balaban J connectivity index is 2.08. The molecule has 1 fully saturated rings. The average molecular weight is 278 g/mol. The zero-order valence-electron chi connectivity index (χ0n) is 11.3. The number of pyridine rings is 1. The van der Waals surface area contributed by atoms with Gasteiger partial charge in [0.25, 0.3) is 5.91 Å². The zero-order chi connectivity index (χ0) is 14.6. The minimum atomic E-state index is -1.07. The van der Waals surface area contributed by atoms with E-state index in [1.807, 2.05) is 0 Å². The summed E-state index contributed by atoms with van der Waals surface area (Å²) < 4.78 is 5.20. The van der Waals surface area contributed by atoms with E-state index in [2.05, 4.69) is 10.3 Å². The second kappa shape index (κ2) is 5.98. The molecule has 3 N–H and O–H groups in total. The van der Waals surface area contributed by atoms with Crippen LogP contribution in [-0.2, 0) is 15.1 Å². The predicted molar refractivity (Wildman–Crippen MR) is 71.7 cm³/mol. The normalized spacial score (nSPS) is 22.2. The molecule has 1 atom stereocenters. The number of carbonyl (C=O) groups is 2. The summed E-state index contributed by atoms with van der Waals surface area (Å²) in [5.74, 6) is -0.299. The first-order chi connectivity index (χ1) is 9.59. The Hall–Kier alpha value is -1.99. The largest absolute Gasteiger partial charge is 0.378 e. The molecule has 0 radical (unpaired) electrons. The Bertz CT molecular complexity index is 494. The van der Waals surface area contributed by atoms with Crippen LogP contribution in [0.3, 0.4) is 0 Å². The van der Waals surface area contributed by atoms with Crippen LogP contribution in [0, 0.1) is 0 Å². The van der Waals surface area contributed by atoms with Crippen molar-refractivity contribution in [2.75, 3.05) is 26.3 Å². The van der Waals surface area contributed by atoms with Crippen LogP contribution in [0.25, 0.3) is 0 Å². The molecule has 1 aromatic rings. The number of hydrogen-bond acceptors (Lipinski definition) is 5. The molecule has 1 aliphatic rings. The molecule has 0 aromatic carbocycles. The number of urea groups is 1. The van der Waals surface area contributed by atoms with Crippen LogP contribution in [0.2, 0.25) is 0 Å². The van der Waals surface area contributed by atoms with Gasteiger partial charge in [-0.1, -0.05) is 6.07 Å². The number of nitrogens with two attached hydrogens (primary N) is 1. The molecular weight excluding hydrogens is 260 g/mol. The maximum Gasteiger partial charge on any atom is 0.325 e. The summed E-state index contributed by atoms with van der Waals surface area (Å²) in [6.45, 7) is 2.97. The van der Waals surface area contributed by atoms with Crippen molar-refractivity contribution in [1.29, 1.82) is 0 Å². The number of amides is 3. The van der Waals surface area contributed by atoms with Gasteiger partial charge in [0.1, 0.15) is 5.54 Å². The Labute approximate surface area is 117 Å². The minimum absolute atomic E-state index is 0.209. The van der Waals surface area contributed by atoms with E-state index in [0.717, 1.165) is 4.90 Å². The van der Waals surface area contributed by atoms with Crippen molar-refractivity contribution in [3.05, 3.63) is 30.1 Å². The van der Waals surface area contributed by atoms with Gasteiger partial charge >= 0.3 is 6.03 Å². The van der Waals surface area contributed by atoms with Gasteiger partial charge in [-0.05, 0) is 13.0 Å². The molecule has 0 bridgehead atoms. The summed E-state index contributed by atoms with van der Waals surface area (Å²) in [6, 6.07) is 3.07. The van der Waals surface area contributed by atoms with Crippen LogP contribution in [0.5, 0.6) is 0 Å². The quantitative estimate of drug-likeness (QED) is 0.556. The van der Waals surface area contributed by atoms with Gasteiger partial charge in [0.2, 0.25) is 0 Å². The summed E-state index contributed by atoms with van der Waals surface area (Å²) in [7, 11) is 0. The average Bonchev–Trinajstić information content (AvgIpc) is 2.68. The highest BCUT2D eigenvalue weighted by molar-refractivity contribution is 6.07. The Kier molecular flexibility index (Phi) is 4.31. The Morgan fingerprint density at radius 3 is 2.90 bits per heavy atom. The molecular formula is C13H18N4O3. The van der Waals surface area contributed by atoms with E-state index in [1.165, 1.54) is 0 Å². The third-order valence-electron chi connectivity index (χ3n) is 3.24. The summed E-state index contributed by atoms with van der Waals surface area (Å²) in [6.07, 6.45) is 3.19. The van der Waals surface area contributed by atoms with Gasteiger partial charge in [-0.15, -0.1) is 0 Å². The molecule has 7 heteroatoms. The second-order valence-electron chi connectivity index (χ2n) is 4.65. The Morgan fingerprint density at radius 2 is 2.25 bits per heavy atom. The lowest BCUT2D eigenvalue weighted by Crippen LogP contribution is -2.41. The zero-order valence-corrected chi connectivity index (χ0v) is 11.3. The molecule has 1 unspecified atom stereocenters. The minimum Gasteiger partial charge on any atom is -0.378 e. The lowest BCUT2D eigenvalue weighted by Gasteiger charge is -2.21. The molecule has 0 saturated carbocycles. The Morgan fingerprint density at radius 1 is 1.45 bits per heavy atom. The van der Waals surface area contributed by atoms with E-state index in [1.54, 1.807) is 31.5 Å². The van der Waals surface area contributed by atoms with E-state index >= 15 is 0 Å². The monoisotopic (exact) mass is 278 g/mol. The van der Waals surface area contributed by atoms with Gasteiger partial charge in [0.15, 0.2) is 0 Å². The molecule has 20 heavy (non-hydrogen) atoms. The van der Waals surface area contributed by atoms with E-state index < -0.39 is 11.6 Å². The lowest BCUT2D eigenvalue weighted by molar-refractivity contribution is -0.131. The van der Waals surface area contributed by atoms with Crippen LogP contribution in [0.4, 0.5) is 4.79 Å². The van der Waals surface area contributed by atoms with Crippen molar-refractivity contribution >= 4 is 11.9 Å². The fourth-order valence-corrected chi connectivity index (χ4v) is 2.10. The van der Waals surface area contributed by atoms with Gasteiger partial charge in [-0.25, -0.2) is 4.79 Å². The number of carbonyl (C=O) groups excluding carboxylic acids is 2. The number of rotatable bonds is 6. The van der Waals surface area contributed by atoms with Crippen molar-refractivity contribution in [2.24, 2.45) is 5.73 Å². The molecule has 0 spiro atoms. The third kappa shape index (κ3) is 2.63. The molecule has 2 rings (SSSR count). The molecule has 108 valence electrons. The van der Waals surface area contributed by atoms with Crippen LogP contribution < -0.4 is 11.1 Å². The van der Waals surface area contributed by atoms with Crippen molar-refractivity contribution in [2.45, 2.75) is 12.5 Å². The fourth-order valence-electron chi connectivity index (χ4n) is 2.10. The van der Waals surface area contributed by atoms with Gasteiger partial charge in [0, 0.05) is 24.5 Å². The molecule has 7 nitrogen and oxygen atoms in total. The second-order valence-corrected chi connectivity index (χ2v) is 4.65. The van der Waals surface area contributed by atoms with Crippen molar-refractivity contribution in [3.8, 4) is 0 Å². The number of hydrogen-bond donors (Lipinski definition) is 2. The first-order valence-corrected chi connectivity index (χ1v) is 6.42. The molecule has 2 heterocycles. The molecule has 1 saturated heterocycles. The van der Waals surface area contributed by atoms with E-state index in [9.17, 15) is 9.59 Å². The van der Waals surface area contributed by atoms with Crippen LogP contribution in [0.1, 0.15) is 12.5 Å². The molecule has 1 aromatic heterocycles. The van der Waals surface area contributed by atoms with Crippen molar-refractivity contribution in [1.82, 2.24) is 15.2 Å². The molecule has 0 aliphatic carbocycles. The van der Waals surface area contributed by atoms with E-state index in [0.29, 0.717) is 18.7 Å². The number of nitrogens with one attached hydrogen (secondary N) is 1. The SMILES string of the molecule is CC1(c2cccnc2)NC(=O)N(CCOCCN)C1=O. The topological polar surface area (TPSA) is 97.6 Å². The molecule has 3 amide bonds. The van der Waals surface area contributed by atoms with Gasteiger partial charge in [-0.2, -0.15) is 0 Å². The maximum absolute atomic E-state index is 12.4. The number of nitrogens with zero attached hydrogens (tertiary/aromatic N) is 2. The first kappa shape index (κ1) is 14.4. The maximum atomic E-state index is 12.4. The van der Waals surface area contributed by atoms with Crippen LogP contribution in [-0.4, -0.2) is 48.1 Å². The predicted octanol–water partition coefficient (Wildman–Crippen LogP) is -0.176. The highest BCUT2D eigenvalue weighted by atomic mass is 16.5. The summed E-state index contributed by atoms with van der Waals surface area (Å²) >= 11 is 0. The standard InChI is InChI=1S/C13H18N4O3/c1-13(10-3-2-5-15-9-10)11(18)17(12(19)16-13)6-8-20-7-4-14/h2-3,5,9H,4,6-8,14H2,1H3,(H,16,19). The highest BCUT2D eigenvalue weighted by Gasteiger charge is 2.48. The fraction of sp³-hybridized carbons (Fsp3) is 0.462. The van der Waals surface area contributed by atoms with Crippen LogP contribution >= 0.6 is 0 Å². The lowest BCUT2D eigenvalue weighted by atomic mass is 9.94. The summed E-state index contributed by atoms with van der Waals surface area (Å²) in [5.41, 5.74) is 4.89. The number of ether oxygens (including phenoxy) is 1. The van der Waals surface area contributed by atoms with Gasteiger partial charge in [-0.3, -0.25) is 14.7 Å². The van der Waals surface area contributed by atoms with Crippen LogP contribution in [0.15, 0.2) is 24.5 Å². The summed E-state index contributed by atoms with van der Waals surface area (Å²) in [5, 5.41) is 2.70. The van der Waals surface area contributed by atoms with Crippen molar-refractivity contribution < 1.29 is 14.3 Å². The van der Waals surface area contributed by atoms with E-state index in [4.69, 9.17) is 10.5 Å². The number of aromatic nitrogens is 1. The smallest absolute Gasteiger partial charge is 0.325 e. The number of imide groups is 1. The molecule has 1 aliphatic heterocycles. The first-order valence-electron chi connectivity index (χ1n) is 6.42.